The average molecular weight is 367 g/mol. The molecule has 0 saturated carbocycles. The minimum Gasteiger partial charge on any atom is -0.301 e. The van der Waals surface area contributed by atoms with Crippen LogP contribution >= 0.6 is 0 Å². The fourth-order valence-corrected chi connectivity index (χ4v) is 5.59. The Labute approximate surface area is 154 Å². The van der Waals surface area contributed by atoms with Crippen molar-refractivity contribution in [2.45, 2.75) is 78.2 Å². The van der Waals surface area contributed by atoms with Crippen LogP contribution in [0.25, 0.3) is 0 Å². The first-order valence-corrected chi connectivity index (χ1v) is 11.0. The van der Waals surface area contributed by atoms with Gasteiger partial charge in [0.1, 0.15) is 0 Å². The summed E-state index contributed by atoms with van der Waals surface area (Å²) in [7, 11) is -3.47. The van der Waals surface area contributed by atoms with Gasteiger partial charge in [-0.1, -0.05) is 6.42 Å². The second-order valence-electron chi connectivity index (χ2n) is 7.59. The molecule has 1 atom stereocenters. The van der Waals surface area contributed by atoms with Crippen molar-refractivity contribution >= 4 is 10.0 Å². The molecule has 1 aliphatic heterocycles. The van der Waals surface area contributed by atoms with E-state index >= 15 is 0 Å². The van der Waals surface area contributed by atoms with E-state index in [9.17, 15) is 8.42 Å². The number of hydrogen-bond donors (Lipinski definition) is 1. The van der Waals surface area contributed by atoms with E-state index in [-0.39, 0.29) is 0 Å². The van der Waals surface area contributed by atoms with Crippen LogP contribution in [0, 0.1) is 34.6 Å². The van der Waals surface area contributed by atoms with Crippen molar-refractivity contribution in [2.24, 2.45) is 0 Å². The summed E-state index contributed by atoms with van der Waals surface area (Å²) >= 11 is 0. The zero-order chi connectivity index (χ0) is 18.8. The molecule has 1 heterocycles. The van der Waals surface area contributed by atoms with E-state index < -0.39 is 10.0 Å². The number of nitrogens with one attached hydrogen (secondary N) is 1. The monoisotopic (exact) mass is 366 g/mol. The molecular formula is C20H34N2O2S. The van der Waals surface area contributed by atoms with Gasteiger partial charge >= 0.3 is 0 Å². The highest BCUT2D eigenvalue weighted by atomic mass is 32.2. The van der Waals surface area contributed by atoms with Crippen LogP contribution < -0.4 is 4.72 Å². The highest BCUT2D eigenvalue weighted by Gasteiger charge is 2.23. The maximum absolute atomic E-state index is 12.9. The molecule has 142 valence electrons. The second kappa shape index (κ2) is 8.19. The summed E-state index contributed by atoms with van der Waals surface area (Å²) in [6.07, 6.45) is 4.68. The van der Waals surface area contributed by atoms with Gasteiger partial charge in [0, 0.05) is 12.6 Å². The topological polar surface area (TPSA) is 49.4 Å². The third-order valence-corrected chi connectivity index (χ3v) is 7.79. The maximum Gasteiger partial charge on any atom is 0.241 e. The van der Waals surface area contributed by atoms with Gasteiger partial charge < -0.3 is 4.90 Å². The summed E-state index contributed by atoms with van der Waals surface area (Å²) in [5.74, 6) is 0. The van der Waals surface area contributed by atoms with Crippen molar-refractivity contribution < 1.29 is 8.42 Å². The third-order valence-electron chi connectivity index (χ3n) is 6.05. The molecule has 1 N–H and O–H groups in total. The lowest BCUT2D eigenvalue weighted by atomic mass is 9.95. The molecule has 0 spiro atoms. The Morgan fingerprint density at radius 3 is 2.08 bits per heavy atom. The largest absolute Gasteiger partial charge is 0.301 e. The van der Waals surface area contributed by atoms with E-state index in [0.29, 0.717) is 17.5 Å². The number of likely N-dealkylation sites (tertiary alicyclic amines) is 1. The fourth-order valence-electron chi connectivity index (χ4n) is 3.92. The lowest BCUT2D eigenvalue weighted by Gasteiger charge is -2.33. The molecular weight excluding hydrogens is 332 g/mol. The van der Waals surface area contributed by atoms with Crippen LogP contribution in [0.15, 0.2) is 4.90 Å². The van der Waals surface area contributed by atoms with Gasteiger partial charge in [0.2, 0.25) is 10.0 Å². The molecule has 0 bridgehead atoms. The second-order valence-corrected chi connectivity index (χ2v) is 9.29. The molecule has 0 amide bonds. The highest BCUT2D eigenvalue weighted by Crippen LogP contribution is 2.29. The zero-order valence-electron chi connectivity index (χ0n) is 16.7. The number of piperidine rings is 1. The highest BCUT2D eigenvalue weighted by molar-refractivity contribution is 7.89. The number of benzene rings is 1. The minimum atomic E-state index is -3.47. The lowest BCUT2D eigenvalue weighted by Crippen LogP contribution is -2.39. The Morgan fingerprint density at radius 1 is 0.960 bits per heavy atom. The smallest absolute Gasteiger partial charge is 0.241 e. The lowest BCUT2D eigenvalue weighted by molar-refractivity contribution is 0.159. The van der Waals surface area contributed by atoms with Crippen LogP contribution in [0.5, 0.6) is 0 Å². The molecule has 25 heavy (non-hydrogen) atoms. The van der Waals surface area contributed by atoms with Gasteiger partial charge in [-0.05, 0) is 102 Å². The first-order valence-electron chi connectivity index (χ1n) is 9.47. The Hall–Kier alpha value is -0.910. The van der Waals surface area contributed by atoms with Crippen LogP contribution in [0.1, 0.15) is 60.4 Å². The van der Waals surface area contributed by atoms with Gasteiger partial charge in [-0.25, -0.2) is 13.1 Å². The number of rotatable bonds is 6. The van der Waals surface area contributed by atoms with Crippen LogP contribution in [0.3, 0.4) is 0 Å². The third kappa shape index (κ3) is 4.44. The van der Waals surface area contributed by atoms with Crippen LogP contribution in [0.4, 0.5) is 0 Å². The standard InChI is InChI=1S/C20H34N2O2S/c1-14-10-7-8-12-22(14)13-9-11-21-25(23,24)20-18(5)16(3)15(2)17(4)19(20)6/h14,21H,7-13H2,1-6H3/t14-/m0/s1. The molecule has 1 aromatic carbocycles. The van der Waals surface area contributed by atoms with Crippen LogP contribution in [0.2, 0.25) is 0 Å². The van der Waals surface area contributed by atoms with Crippen LogP contribution in [-0.4, -0.2) is 39.0 Å². The van der Waals surface area contributed by atoms with Crippen molar-refractivity contribution in [2.75, 3.05) is 19.6 Å². The summed E-state index contributed by atoms with van der Waals surface area (Å²) < 4.78 is 28.6. The minimum absolute atomic E-state index is 0.472. The molecule has 4 nitrogen and oxygen atoms in total. The van der Waals surface area contributed by atoms with Crippen LogP contribution in [-0.2, 0) is 10.0 Å². The summed E-state index contributed by atoms with van der Waals surface area (Å²) in [5, 5.41) is 0. The number of sulfonamides is 1. The van der Waals surface area contributed by atoms with Crippen molar-refractivity contribution in [1.29, 1.82) is 0 Å². The van der Waals surface area contributed by atoms with Gasteiger partial charge in [0.25, 0.3) is 0 Å². The molecule has 2 rings (SSSR count). The molecule has 5 heteroatoms. The quantitative estimate of drug-likeness (QED) is 0.780. The summed E-state index contributed by atoms with van der Waals surface area (Å²) in [6, 6.07) is 0.622. The molecule has 0 unspecified atom stereocenters. The van der Waals surface area contributed by atoms with Gasteiger partial charge in [-0.15, -0.1) is 0 Å². The predicted octanol–water partition coefficient (Wildman–Crippen LogP) is 3.77. The molecule has 0 aromatic heterocycles. The van der Waals surface area contributed by atoms with E-state index in [1.54, 1.807) is 0 Å². The molecule has 0 radical (unpaired) electrons. The SMILES string of the molecule is Cc1c(C)c(C)c(S(=O)(=O)NCCCN2CCCC[C@@H]2C)c(C)c1C. The van der Waals surface area contributed by atoms with E-state index in [0.717, 1.165) is 41.8 Å². The summed E-state index contributed by atoms with van der Waals surface area (Å²) in [5.41, 5.74) is 5.08. The summed E-state index contributed by atoms with van der Waals surface area (Å²) in [4.78, 5) is 2.95. The Morgan fingerprint density at radius 2 is 1.52 bits per heavy atom. The molecule has 1 aromatic rings. The van der Waals surface area contributed by atoms with Gasteiger partial charge in [0.05, 0.1) is 4.90 Å². The normalized spacial score (nSPS) is 19.4. The Balaban J connectivity index is 2.05. The number of nitrogens with zero attached hydrogens (tertiary/aromatic N) is 1. The fraction of sp³-hybridized carbons (Fsp3) is 0.700. The predicted molar refractivity (Wildman–Crippen MR) is 105 cm³/mol. The number of hydrogen-bond acceptors (Lipinski definition) is 3. The molecule has 1 aliphatic rings. The van der Waals surface area contributed by atoms with Gasteiger partial charge in [-0.3, -0.25) is 0 Å². The average Bonchev–Trinajstić information content (AvgIpc) is 2.56. The van der Waals surface area contributed by atoms with Gasteiger partial charge in [-0.2, -0.15) is 0 Å². The first kappa shape index (κ1) is 20.4. The van der Waals surface area contributed by atoms with Crippen molar-refractivity contribution in [3.05, 3.63) is 27.8 Å². The van der Waals surface area contributed by atoms with E-state index in [4.69, 9.17) is 0 Å². The van der Waals surface area contributed by atoms with Crippen molar-refractivity contribution in [1.82, 2.24) is 9.62 Å². The van der Waals surface area contributed by atoms with Crippen molar-refractivity contribution in [3.63, 3.8) is 0 Å². The van der Waals surface area contributed by atoms with Crippen molar-refractivity contribution in [3.8, 4) is 0 Å². The van der Waals surface area contributed by atoms with Gasteiger partial charge in [0.15, 0.2) is 0 Å². The Bertz CT molecular complexity index is 697. The van der Waals surface area contributed by atoms with E-state index in [2.05, 4.69) is 23.5 Å². The molecule has 1 saturated heterocycles. The summed E-state index contributed by atoms with van der Waals surface area (Å²) in [6.45, 7) is 14.8. The molecule has 1 fully saturated rings. The zero-order valence-corrected chi connectivity index (χ0v) is 17.5. The Kier molecular flexibility index (Phi) is 6.68. The maximum atomic E-state index is 12.9. The molecule has 0 aliphatic carbocycles. The van der Waals surface area contributed by atoms with E-state index in [1.807, 2.05) is 27.7 Å². The van der Waals surface area contributed by atoms with E-state index in [1.165, 1.54) is 24.8 Å². The first-order chi connectivity index (χ1) is 11.7.